The number of nitrogens with one attached hydrogen (secondary N) is 2. The number of piperazine rings is 1. The van der Waals surface area contributed by atoms with Crippen LogP contribution in [-0.4, -0.2) is 61.0 Å². The Labute approximate surface area is 207 Å². The lowest BCUT2D eigenvalue weighted by atomic mass is 10.0. The number of aromatic nitrogens is 1. The molecular weight excluding hydrogens is 438 g/mol. The highest BCUT2D eigenvalue weighted by Gasteiger charge is 2.24. The van der Waals surface area contributed by atoms with Crippen molar-refractivity contribution in [3.05, 3.63) is 71.9 Å². The summed E-state index contributed by atoms with van der Waals surface area (Å²) in [5.41, 5.74) is 1.86. The summed E-state index contributed by atoms with van der Waals surface area (Å²) in [6.45, 7) is 8.24. The number of hydrogen-bond acceptors (Lipinski definition) is 5. The van der Waals surface area contributed by atoms with Gasteiger partial charge in [-0.2, -0.15) is 0 Å². The normalized spacial score (nSPS) is 15.3. The summed E-state index contributed by atoms with van der Waals surface area (Å²) >= 11 is 0. The number of benzene rings is 2. The molecule has 1 aromatic heterocycles. The van der Waals surface area contributed by atoms with Crippen molar-refractivity contribution in [2.24, 2.45) is 5.92 Å². The molecule has 0 saturated carbocycles. The first-order valence-electron chi connectivity index (χ1n) is 12.3. The zero-order valence-corrected chi connectivity index (χ0v) is 20.8. The maximum Gasteiger partial charge on any atom is 0.243 e. The van der Waals surface area contributed by atoms with Crippen LogP contribution in [0.25, 0.3) is 10.8 Å². The van der Waals surface area contributed by atoms with Gasteiger partial charge in [0.2, 0.25) is 11.8 Å². The highest BCUT2D eigenvalue weighted by Crippen LogP contribution is 2.16. The monoisotopic (exact) mass is 473 g/mol. The van der Waals surface area contributed by atoms with Gasteiger partial charge in [0, 0.05) is 38.9 Å². The molecule has 1 atom stereocenters. The topological polar surface area (TPSA) is 77.6 Å². The van der Waals surface area contributed by atoms with Crippen LogP contribution in [-0.2, 0) is 22.6 Å². The van der Waals surface area contributed by atoms with E-state index in [-0.39, 0.29) is 24.2 Å². The summed E-state index contributed by atoms with van der Waals surface area (Å²) in [7, 11) is 2.13. The van der Waals surface area contributed by atoms with Gasteiger partial charge in [0.15, 0.2) is 0 Å². The van der Waals surface area contributed by atoms with Crippen molar-refractivity contribution in [2.45, 2.75) is 32.9 Å². The summed E-state index contributed by atoms with van der Waals surface area (Å²) < 4.78 is 0. The van der Waals surface area contributed by atoms with Crippen LogP contribution in [0.5, 0.6) is 0 Å². The van der Waals surface area contributed by atoms with Crippen LogP contribution in [0.15, 0.2) is 60.8 Å². The molecule has 2 aromatic carbocycles. The Morgan fingerprint density at radius 3 is 2.34 bits per heavy atom. The summed E-state index contributed by atoms with van der Waals surface area (Å²) in [4.78, 5) is 34.8. The van der Waals surface area contributed by atoms with E-state index in [2.05, 4.69) is 32.5 Å². The molecule has 2 amide bonds. The van der Waals surface area contributed by atoms with Gasteiger partial charge in [-0.1, -0.05) is 62.4 Å². The van der Waals surface area contributed by atoms with E-state index in [9.17, 15) is 9.59 Å². The maximum atomic E-state index is 12.9. The molecule has 184 valence electrons. The van der Waals surface area contributed by atoms with E-state index in [1.54, 1.807) is 0 Å². The molecule has 1 fully saturated rings. The summed E-state index contributed by atoms with van der Waals surface area (Å²) in [5, 5.41) is 8.13. The van der Waals surface area contributed by atoms with Crippen LogP contribution in [0, 0.1) is 5.92 Å². The largest absolute Gasteiger partial charge is 0.354 e. The predicted octanol–water partition coefficient (Wildman–Crippen LogP) is 2.99. The number of fused-ring (bicyclic) bond motifs is 1. The van der Waals surface area contributed by atoms with Crippen LogP contribution >= 0.6 is 0 Å². The second kappa shape index (κ2) is 11.3. The van der Waals surface area contributed by atoms with Crippen molar-refractivity contribution in [3.8, 4) is 0 Å². The predicted molar refractivity (Wildman–Crippen MR) is 140 cm³/mol. The van der Waals surface area contributed by atoms with E-state index < -0.39 is 6.04 Å². The van der Waals surface area contributed by atoms with Gasteiger partial charge in [0.1, 0.15) is 11.9 Å². The Hall–Kier alpha value is -3.45. The Kier molecular flexibility index (Phi) is 7.98. The van der Waals surface area contributed by atoms with Crippen molar-refractivity contribution < 1.29 is 9.59 Å². The number of carbonyl (C=O) groups is 2. The van der Waals surface area contributed by atoms with Crippen LogP contribution in [0.3, 0.4) is 0 Å². The van der Waals surface area contributed by atoms with E-state index in [1.165, 1.54) is 0 Å². The molecule has 0 radical (unpaired) electrons. The van der Waals surface area contributed by atoms with Gasteiger partial charge in [-0.3, -0.25) is 9.59 Å². The molecule has 0 spiro atoms. The average molecular weight is 474 g/mol. The van der Waals surface area contributed by atoms with Gasteiger partial charge in [0.05, 0.1) is 6.42 Å². The molecule has 1 saturated heterocycles. The van der Waals surface area contributed by atoms with Gasteiger partial charge in [-0.25, -0.2) is 4.98 Å². The molecule has 4 rings (SSSR count). The highest BCUT2D eigenvalue weighted by atomic mass is 16.2. The molecule has 35 heavy (non-hydrogen) atoms. The van der Waals surface area contributed by atoms with Gasteiger partial charge >= 0.3 is 0 Å². The first-order valence-corrected chi connectivity index (χ1v) is 12.3. The Morgan fingerprint density at radius 2 is 1.66 bits per heavy atom. The summed E-state index contributed by atoms with van der Waals surface area (Å²) in [6, 6.07) is 17.5. The summed E-state index contributed by atoms with van der Waals surface area (Å²) in [6.07, 6.45) is 2.05. The molecule has 0 bridgehead atoms. The standard InChI is InChI=1S/C28H35N5O2/c1-20(2)27(31-26(34)17-21-8-10-23-6-4-5-7-24(23)16-21)28(35)30-19-22-9-11-25(29-18-22)33-14-12-32(3)13-15-33/h4-11,16,18,20,27H,12-15,17,19H2,1-3H3,(H,30,35)(H,31,34). The van der Waals surface area contributed by atoms with E-state index in [0.717, 1.165) is 53.9 Å². The second-order valence-corrected chi connectivity index (χ2v) is 9.68. The molecule has 1 unspecified atom stereocenters. The lowest BCUT2D eigenvalue weighted by Gasteiger charge is -2.33. The number of rotatable bonds is 8. The molecule has 1 aliphatic rings. The van der Waals surface area contributed by atoms with E-state index in [1.807, 2.05) is 74.6 Å². The van der Waals surface area contributed by atoms with Gasteiger partial charge in [0.25, 0.3) is 0 Å². The summed E-state index contributed by atoms with van der Waals surface area (Å²) in [5.74, 6) is 0.588. The van der Waals surface area contributed by atoms with Gasteiger partial charge in [-0.05, 0) is 40.9 Å². The zero-order valence-electron chi connectivity index (χ0n) is 20.8. The highest BCUT2D eigenvalue weighted by molar-refractivity contribution is 5.89. The van der Waals surface area contributed by atoms with Crippen molar-refractivity contribution >= 4 is 28.4 Å². The van der Waals surface area contributed by atoms with Gasteiger partial charge < -0.3 is 20.4 Å². The lowest BCUT2D eigenvalue weighted by Crippen LogP contribution is -2.49. The van der Waals surface area contributed by atoms with Crippen molar-refractivity contribution in [1.29, 1.82) is 0 Å². The molecule has 1 aliphatic heterocycles. The SMILES string of the molecule is CC(C)C(NC(=O)Cc1ccc2ccccc2c1)C(=O)NCc1ccc(N2CCN(C)CC2)nc1. The quantitative estimate of drug-likeness (QED) is 0.526. The Bertz CT molecular complexity index is 1150. The number of amides is 2. The molecule has 2 N–H and O–H groups in total. The third-order valence-electron chi connectivity index (χ3n) is 6.55. The Morgan fingerprint density at radius 1 is 0.943 bits per heavy atom. The van der Waals surface area contributed by atoms with Crippen molar-refractivity contribution in [3.63, 3.8) is 0 Å². The molecule has 7 heteroatoms. The lowest BCUT2D eigenvalue weighted by molar-refractivity contribution is -0.129. The van der Waals surface area contributed by atoms with E-state index in [0.29, 0.717) is 6.54 Å². The number of nitrogens with zero attached hydrogens (tertiary/aromatic N) is 3. The third-order valence-corrected chi connectivity index (χ3v) is 6.55. The van der Waals surface area contributed by atoms with Crippen LogP contribution < -0.4 is 15.5 Å². The smallest absolute Gasteiger partial charge is 0.243 e. The average Bonchev–Trinajstić information content (AvgIpc) is 2.86. The number of carbonyl (C=O) groups excluding carboxylic acids is 2. The number of likely N-dealkylation sites (N-methyl/N-ethyl adjacent to an activating group) is 1. The number of anilines is 1. The van der Waals surface area contributed by atoms with Crippen molar-refractivity contribution in [2.75, 3.05) is 38.1 Å². The molecular formula is C28H35N5O2. The number of hydrogen-bond donors (Lipinski definition) is 2. The van der Waals surface area contributed by atoms with Crippen LogP contribution in [0.4, 0.5) is 5.82 Å². The first-order chi connectivity index (χ1) is 16.9. The van der Waals surface area contributed by atoms with Crippen LogP contribution in [0.1, 0.15) is 25.0 Å². The minimum absolute atomic E-state index is 0.0340. The zero-order chi connectivity index (χ0) is 24.8. The van der Waals surface area contributed by atoms with E-state index in [4.69, 9.17) is 0 Å². The molecule has 0 aliphatic carbocycles. The molecule has 2 heterocycles. The second-order valence-electron chi connectivity index (χ2n) is 9.68. The third kappa shape index (κ3) is 6.57. The minimum atomic E-state index is -0.597. The first kappa shape index (κ1) is 24.7. The fraction of sp³-hybridized carbons (Fsp3) is 0.393. The van der Waals surface area contributed by atoms with E-state index >= 15 is 0 Å². The fourth-order valence-corrected chi connectivity index (χ4v) is 4.34. The molecule has 3 aromatic rings. The molecule has 7 nitrogen and oxygen atoms in total. The fourth-order valence-electron chi connectivity index (χ4n) is 4.34. The number of pyridine rings is 1. The minimum Gasteiger partial charge on any atom is -0.354 e. The van der Waals surface area contributed by atoms with Crippen LogP contribution in [0.2, 0.25) is 0 Å². The Balaban J connectivity index is 1.30. The van der Waals surface area contributed by atoms with Gasteiger partial charge in [-0.15, -0.1) is 0 Å². The van der Waals surface area contributed by atoms with Crippen molar-refractivity contribution in [1.82, 2.24) is 20.5 Å². The maximum absolute atomic E-state index is 12.9.